The van der Waals surface area contributed by atoms with Gasteiger partial charge in [-0.15, -0.1) is 11.3 Å². The Morgan fingerprint density at radius 3 is 2.60 bits per heavy atom. The number of carbonyl (C=O) groups is 1. The van der Waals surface area contributed by atoms with Crippen molar-refractivity contribution in [2.45, 2.75) is 6.42 Å². The van der Waals surface area contributed by atoms with Gasteiger partial charge in [-0.05, 0) is 29.1 Å². The molecular weight excluding hydrogens is 278 g/mol. The van der Waals surface area contributed by atoms with Gasteiger partial charge in [0.2, 0.25) is 0 Å². The van der Waals surface area contributed by atoms with Crippen LogP contribution in [0.25, 0.3) is 10.1 Å². The third-order valence-corrected chi connectivity index (χ3v) is 4.22. The lowest BCUT2D eigenvalue weighted by atomic mass is 10.1. The predicted molar refractivity (Wildman–Crippen MR) is 76.2 cm³/mol. The molecule has 0 N–H and O–H groups in total. The smallest absolute Gasteiger partial charge is 0.177 e. The molecular formula is C16H10F2OS. The maximum atomic E-state index is 13.5. The van der Waals surface area contributed by atoms with Gasteiger partial charge in [0, 0.05) is 17.2 Å². The van der Waals surface area contributed by atoms with Crippen molar-refractivity contribution in [3.63, 3.8) is 0 Å². The summed E-state index contributed by atoms with van der Waals surface area (Å²) in [5.41, 5.74) is 0.217. The quantitative estimate of drug-likeness (QED) is 0.643. The molecule has 3 rings (SSSR count). The standard InChI is InChI=1S/C16H10F2OS/c17-12-6-5-10(13(18)9-12)7-14(19)16-8-11-3-1-2-4-15(11)20-16/h1-6,8-9H,7H2. The third-order valence-electron chi connectivity index (χ3n) is 3.07. The average Bonchev–Trinajstić information content (AvgIpc) is 2.86. The van der Waals surface area contributed by atoms with Crippen molar-refractivity contribution >= 4 is 27.2 Å². The first kappa shape index (κ1) is 12.9. The van der Waals surface area contributed by atoms with Crippen molar-refractivity contribution in [3.05, 3.63) is 70.6 Å². The number of halogens is 2. The minimum absolute atomic E-state index is 0.0566. The van der Waals surface area contributed by atoms with Crippen LogP contribution in [0.2, 0.25) is 0 Å². The Balaban J connectivity index is 1.89. The molecule has 0 unspecified atom stereocenters. The number of carbonyl (C=O) groups excluding carboxylic acids is 1. The van der Waals surface area contributed by atoms with E-state index in [4.69, 9.17) is 0 Å². The van der Waals surface area contributed by atoms with Crippen molar-refractivity contribution in [2.75, 3.05) is 0 Å². The van der Waals surface area contributed by atoms with Crippen LogP contribution in [0.4, 0.5) is 8.78 Å². The molecule has 0 aliphatic heterocycles. The number of ketones is 1. The highest BCUT2D eigenvalue weighted by Crippen LogP contribution is 2.26. The fourth-order valence-electron chi connectivity index (χ4n) is 2.04. The Kier molecular flexibility index (Phi) is 3.32. The van der Waals surface area contributed by atoms with E-state index < -0.39 is 11.6 Å². The van der Waals surface area contributed by atoms with E-state index in [1.54, 1.807) is 0 Å². The highest BCUT2D eigenvalue weighted by molar-refractivity contribution is 7.20. The van der Waals surface area contributed by atoms with Crippen LogP contribution in [0.15, 0.2) is 48.5 Å². The Morgan fingerprint density at radius 1 is 1.05 bits per heavy atom. The highest BCUT2D eigenvalue weighted by atomic mass is 32.1. The van der Waals surface area contributed by atoms with Crippen LogP contribution < -0.4 is 0 Å². The second kappa shape index (κ2) is 5.13. The van der Waals surface area contributed by atoms with Gasteiger partial charge in [-0.25, -0.2) is 8.78 Å². The summed E-state index contributed by atoms with van der Waals surface area (Å²) >= 11 is 1.39. The first-order chi connectivity index (χ1) is 9.63. The van der Waals surface area contributed by atoms with E-state index in [-0.39, 0.29) is 17.8 Å². The van der Waals surface area contributed by atoms with E-state index in [9.17, 15) is 13.6 Å². The third kappa shape index (κ3) is 2.47. The molecule has 0 amide bonds. The van der Waals surface area contributed by atoms with Gasteiger partial charge in [0.05, 0.1) is 4.88 Å². The minimum atomic E-state index is -0.681. The van der Waals surface area contributed by atoms with Gasteiger partial charge >= 0.3 is 0 Å². The number of hydrogen-bond donors (Lipinski definition) is 0. The molecule has 1 heterocycles. The second-order valence-corrected chi connectivity index (χ2v) is 5.57. The Bertz CT molecular complexity index is 759. The van der Waals surface area contributed by atoms with E-state index in [1.807, 2.05) is 30.3 Å². The minimum Gasteiger partial charge on any atom is -0.293 e. The molecule has 100 valence electrons. The summed E-state index contributed by atoms with van der Waals surface area (Å²) in [7, 11) is 0. The number of rotatable bonds is 3. The summed E-state index contributed by atoms with van der Waals surface area (Å²) < 4.78 is 27.4. The summed E-state index contributed by atoms with van der Waals surface area (Å²) in [6.45, 7) is 0. The maximum Gasteiger partial charge on any atom is 0.177 e. The van der Waals surface area contributed by atoms with E-state index in [0.717, 1.165) is 22.2 Å². The Hall–Kier alpha value is -2.07. The van der Waals surface area contributed by atoms with Crippen molar-refractivity contribution in [2.24, 2.45) is 0 Å². The van der Waals surface area contributed by atoms with Crippen molar-refractivity contribution < 1.29 is 13.6 Å². The summed E-state index contributed by atoms with van der Waals surface area (Å²) in [6, 6.07) is 12.8. The van der Waals surface area contributed by atoms with Crippen molar-refractivity contribution in [3.8, 4) is 0 Å². The zero-order valence-corrected chi connectivity index (χ0v) is 11.2. The lowest BCUT2D eigenvalue weighted by Gasteiger charge is -2.01. The van der Waals surface area contributed by atoms with E-state index >= 15 is 0 Å². The van der Waals surface area contributed by atoms with Crippen molar-refractivity contribution in [1.29, 1.82) is 0 Å². The fraction of sp³-hybridized carbons (Fsp3) is 0.0625. The lowest BCUT2D eigenvalue weighted by Crippen LogP contribution is -2.03. The summed E-state index contributed by atoms with van der Waals surface area (Å²) in [5.74, 6) is -1.48. The first-order valence-electron chi connectivity index (χ1n) is 6.09. The van der Waals surface area contributed by atoms with E-state index in [0.29, 0.717) is 4.88 Å². The molecule has 0 spiro atoms. The summed E-state index contributed by atoms with van der Waals surface area (Å²) in [4.78, 5) is 12.8. The van der Waals surface area contributed by atoms with Gasteiger partial charge < -0.3 is 0 Å². The number of benzene rings is 2. The molecule has 1 aromatic heterocycles. The molecule has 0 atom stereocenters. The lowest BCUT2D eigenvalue weighted by molar-refractivity contribution is 0.0995. The summed E-state index contributed by atoms with van der Waals surface area (Å²) in [6.07, 6.45) is -0.0566. The number of fused-ring (bicyclic) bond motifs is 1. The van der Waals surface area contributed by atoms with Gasteiger partial charge in [0.15, 0.2) is 5.78 Å². The van der Waals surface area contributed by atoms with Gasteiger partial charge in [-0.3, -0.25) is 4.79 Å². The van der Waals surface area contributed by atoms with Crippen LogP contribution in [-0.2, 0) is 6.42 Å². The molecule has 0 radical (unpaired) electrons. The number of hydrogen-bond acceptors (Lipinski definition) is 2. The normalized spacial score (nSPS) is 10.9. The molecule has 0 saturated carbocycles. The monoisotopic (exact) mass is 288 g/mol. The van der Waals surface area contributed by atoms with Crippen LogP contribution in [0.5, 0.6) is 0 Å². The van der Waals surface area contributed by atoms with E-state index in [2.05, 4.69) is 0 Å². The van der Waals surface area contributed by atoms with Crippen LogP contribution in [-0.4, -0.2) is 5.78 Å². The molecule has 20 heavy (non-hydrogen) atoms. The molecule has 0 aliphatic carbocycles. The predicted octanol–water partition coefficient (Wildman–Crippen LogP) is 4.60. The van der Waals surface area contributed by atoms with Gasteiger partial charge in [0.1, 0.15) is 11.6 Å². The highest BCUT2D eigenvalue weighted by Gasteiger charge is 2.13. The molecule has 0 saturated heterocycles. The molecule has 1 nitrogen and oxygen atoms in total. The van der Waals surface area contributed by atoms with Gasteiger partial charge in [0.25, 0.3) is 0 Å². The maximum absolute atomic E-state index is 13.5. The van der Waals surface area contributed by atoms with Crippen LogP contribution in [0, 0.1) is 11.6 Å². The Labute approximate surface area is 118 Å². The van der Waals surface area contributed by atoms with Crippen LogP contribution in [0.1, 0.15) is 15.2 Å². The molecule has 0 bridgehead atoms. The second-order valence-electron chi connectivity index (χ2n) is 4.48. The van der Waals surface area contributed by atoms with Crippen molar-refractivity contribution in [1.82, 2.24) is 0 Å². The summed E-state index contributed by atoms with van der Waals surface area (Å²) in [5, 5.41) is 1.00. The number of thiophene rings is 1. The molecule has 0 aliphatic rings. The molecule has 3 aromatic rings. The molecule has 0 fully saturated rings. The zero-order valence-electron chi connectivity index (χ0n) is 10.4. The first-order valence-corrected chi connectivity index (χ1v) is 6.91. The fourth-order valence-corrected chi connectivity index (χ4v) is 3.04. The van der Waals surface area contributed by atoms with Gasteiger partial charge in [-0.2, -0.15) is 0 Å². The van der Waals surface area contributed by atoms with Crippen LogP contribution in [0.3, 0.4) is 0 Å². The van der Waals surface area contributed by atoms with E-state index in [1.165, 1.54) is 17.4 Å². The average molecular weight is 288 g/mol. The molecule has 4 heteroatoms. The largest absolute Gasteiger partial charge is 0.293 e. The molecule has 2 aromatic carbocycles. The topological polar surface area (TPSA) is 17.1 Å². The SMILES string of the molecule is O=C(Cc1ccc(F)cc1F)c1cc2ccccc2s1. The number of Topliss-reactive ketones (excluding diaryl/α,β-unsaturated/α-hetero) is 1. The Morgan fingerprint density at radius 2 is 1.85 bits per heavy atom. The van der Waals surface area contributed by atoms with Gasteiger partial charge in [-0.1, -0.05) is 24.3 Å². The van der Waals surface area contributed by atoms with Crippen LogP contribution >= 0.6 is 11.3 Å². The zero-order chi connectivity index (χ0) is 14.1.